The number of aromatic nitrogens is 2. The van der Waals surface area contributed by atoms with Gasteiger partial charge in [-0.1, -0.05) is 0 Å². The normalized spacial score (nSPS) is 8.83. The van der Waals surface area contributed by atoms with Crippen molar-refractivity contribution in [3.63, 3.8) is 0 Å². The molecule has 0 fully saturated rings. The third-order valence-electron chi connectivity index (χ3n) is 1.72. The topological polar surface area (TPSA) is 31.6 Å². The minimum absolute atomic E-state index is 1.26. The molecule has 0 unspecified atom stereocenters. The van der Waals surface area contributed by atoms with Gasteiger partial charge in [-0.15, -0.1) is 0 Å². The van der Waals surface area contributed by atoms with Gasteiger partial charge in [0.25, 0.3) is 0 Å². The molecule has 0 bridgehead atoms. The average Bonchev–Trinajstić information content (AvgIpc) is 2.67. The molecular weight excluding hydrogens is 148 g/mol. The van der Waals surface area contributed by atoms with E-state index in [9.17, 15) is 0 Å². The predicted molar refractivity (Wildman–Crippen MR) is 51.1 cm³/mol. The molecule has 0 aliphatic rings. The van der Waals surface area contributed by atoms with Crippen molar-refractivity contribution in [2.75, 3.05) is 0 Å². The molecule has 2 N–H and O–H groups in total. The van der Waals surface area contributed by atoms with E-state index < -0.39 is 0 Å². The lowest BCUT2D eigenvalue weighted by Gasteiger charge is -1.81. The van der Waals surface area contributed by atoms with Gasteiger partial charge in [-0.25, -0.2) is 0 Å². The zero-order valence-corrected chi connectivity index (χ0v) is 7.46. The Morgan fingerprint density at radius 3 is 1.83 bits per heavy atom. The zero-order chi connectivity index (χ0) is 8.81. The van der Waals surface area contributed by atoms with E-state index in [1.807, 2.05) is 30.7 Å². The lowest BCUT2D eigenvalue weighted by atomic mass is 10.3. The zero-order valence-electron chi connectivity index (χ0n) is 7.46. The Kier molecular flexibility index (Phi) is 3.20. The van der Waals surface area contributed by atoms with Crippen LogP contribution in [0, 0.1) is 13.8 Å². The molecule has 12 heavy (non-hydrogen) atoms. The van der Waals surface area contributed by atoms with Crippen LogP contribution in [0.1, 0.15) is 11.3 Å². The molecular formula is C10H14N2. The molecule has 0 saturated carbocycles. The van der Waals surface area contributed by atoms with Gasteiger partial charge in [0.05, 0.1) is 0 Å². The summed E-state index contributed by atoms with van der Waals surface area (Å²) in [5.41, 5.74) is 2.60. The maximum Gasteiger partial charge on any atom is 0.0145 e. The van der Waals surface area contributed by atoms with E-state index in [4.69, 9.17) is 0 Å². The van der Waals surface area contributed by atoms with Crippen molar-refractivity contribution >= 4 is 0 Å². The fourth-order valence-corrected chi connectivity index (χ4v) is 0.808. The minimum atomic E-state index is 1.26. The Hall–Kier alpha value is -1.44. The van der Waals surface area contributed by atoms with Crippen molar-refractivity contribution < 1.29 is 0 Å². The van der Waals surface area contributed by atoms with Crippen LogP contribution in [0.3, 0.4) is 0 Å². The second-order valence-electron chi connectivity index (χ2n) is 2.67. The highest BCUT2D eigenvalue weighted by molar-refractivity contribution is 5.15. The quantitative estimate of drug-likeness (QED) is 0.597. The SMILES string of the molecule is Cc1cc[nH]c1C.c1cc[nH]c1. The molecule has 64 valence electrons. The van der Waals surface area contributed by atoms with Crippen LogP contribution in [-0.4, -0.2) is 9.97 Å². The Labute approximate surface area is 72.6 Å². The lowest BCUT2D eigenvalue weighted by molar-refractivity contribution is 1.23. The summed E-state index contributed by atoms with van der Waals surface area (Å²) in [5, 5.41) is 0. The molecule has 2 heteroatoms. The Bertz CT molecular complexity index is 260. The highest BCUT2D eigenvalue weighted by Crippen LogP contribution is 1.99. The summed E-state index contributed by atoms with van der Waals surface area (Å²) in [5.74, 6) is 0. The first-order chi connectivity index (χ1) is 5.80. The Morgan fingerprint density at radius 1 is 1.00 bits per heavy atom. The molecule has 2 aromatic rings. The molecule has 2 aromatic heterocycles. The van der Waals surface area contributed by atoms with E-state index in [0.717, 1.165) is 0 Å². The van der Waals surface area contributed by atoms with E-state index in [0.29, 0.717) is 0 Å². The summed E-state index contributed by atoms with van der Waals surface area (Å²) >= 11 is 0. The minimum Gasteiger partial charge on any atom is -0.368 e. The van der Waals surface area contributed by atoms with Crippen molar-refractivity contribution in [2.24, 2.45) is 0 Å². The van der Waals surface area contributed by atoms with Crippen LogP contribution in [0.2, 0.25) is 0 Å². The second-order valence-corrected chi connectivity index (χ2v) is 2.67. The molecule has 0 spiro atoms. The van der Waals surface area contributed by atoms with Gasteiger partial charge in [0.2, 0.25) is 0 Å². The first-order valence-corrected chi connectivity index (χ1v) is 3.99. The van der Waals surface area contributed by atoms with E-state index in [-0.39, 0.29) is 0 Å². The monoisotopic (exact) mass is 162 g/mol. The maximum absolute atomic E-state index is 3.07. The van der Waals surface area contributed by atoms with Crippen LogP contribution in [0.4, 0.5) is 0 Å². The van der Waals surface area contributed by atoms with Crippen LogP contribution < -0.4 is 0 Å². The number of aromatic amines is 2. The van der Waals surface area contributed by atoms with E-state index >= 15 is 0 Å². The molecule has 0 radical (unpaired) electrons. The molecule has 2 nitrogen and oxygen atoms in total. The first-order valence-electron chi connectivity index (χ1n) is 3.99. The molecule has 0 aliphatic heterocycles. The van der Waals surface area contributed by atoms with Gasteiger partial charge in [0.15, 0.2) is 0 Å². The molecule has 0 atom stereocenters. The predicted octanol–water partition coefficient (Wildman–Crippen LogP) is 2.65. The van der Waals surface area contributed by atoms with Crippen LogP contribution in [0.5, 0.6) is 0 Å². The number of rotatable bonds is 0. The fraction of sp³-hybridized carbons (Fsp3) is 0.200. The van der Waals surface area contributed by atoms with E-state index in [1.54, 1.807) is 0 Å². The van der Waals surface area contributed by atoms with Gasteiger partial charge >= 0.3 is 0 Å². The Balaban J connectivity index is 0.000000127. The number of nitrogens with one attached hydrogen (secondary N) is 2. The molecule has 0 saturated heterocycles. The van der Waals surface area contributed by atoms with Crippen LogP contribution >= 0.6 is 0 Å². The maximum atomic E-state index is 3.07. The van der Waals surface area contributed by atoms with Crippen molar-refractivity contribution in [3.05, 3.63) is 48.0 Å². The second kappa shape index (κ2) is 4.44. The van der Waals surface area contributed by atoms with Crippen LogP contribution in [0.25, 0.3) is 0 Å². The average molecular weight is 162 g/mol. The molecule has 2 rings (SSSR count). The summed E-state index contributed by atoms with van der Waals surface area (Å²) in [4.78, 5) is 5.93. The van der Waals surface area contributed by atoms with Gasteiger partial charge in [-0.3, -0.25) is 0 Å². The van der Waals surface area contributed by atoms with Gasteiger partial charge in [0, 0.05) is 24.3 Å². The van der Waals surface area contributed by atoms with Gasteiger partial charge < -0.3 is 9.97 Å². The summed E-state index contributed by atoms with van der Waals surface area (Å²) in [7, 11) is 0. The Morgan fingerprint density at radius 2 is 1.67 bits per heavy atom. The van der Waals surface area contributed by atoms with Crippen LogP contribution in [0.15, 0.2) is 36.8 Å². The summed E-state index contributed by atoms with van der Waals surface area (Å²) in [6.45, 7) is 4.15. The van der Waals surface area contributed by atoms with Gasteiger partial charge in [-0.05, 0) is 37.6 Å². The van der Waals surface area contributed by atoms with Crippen molar-refractivity contribution in [1.82, 2.24) is 9.97 Å². The fourth-order valence-electron chi connectivity index (χ4n) is 0.808. The standard InChI is InChI=1S/C6H9N.C4H5N/c1-5-3-4-7-6(5)2;1-2-4-5-3-1/h3-4,7H,1-2H3;1-5H. The van der Waals surface area contributed by atoms with Gasteiger partial charge in [0.1, 0.15) is 0 Å². The van der Waals surface area contributed by atoms with E-state index in [2.05, 4.69) is 29.9 Å². The first kappa shape index (κ1) is 8.65. The molecule has 0 amide bonds. The largest absolute Gasteiger partial charge is 0.368 e. The van der Waals surface area contributed by atoms with Crippen molar-refractivity contribution in [2.45, 2.75) is 13.8 Å². The van der Waals surface area contributed by atoms with Gasteiger partial charge in [-0.2, -0.15) is 0 Å². The third-order valence-corrected chi connectivity index (χ3v) is 1.72. The summed E-state index contributed by atoms with van der Waals surface area (Å²) < 4.78 is 0. The molecule has 0 aliphatic carbocycles. The van der Waals surface area contributed by atoms with Crippen molar-refractivity contribution in [1.29, 1.82) is 0 Å². The number of H-pyrrole nitrogens is 2. The summed E-state index contributed by atoms with van der Waals surface area (Å²) in [6.07, 6.45) is 5.70. The summed E-state index contributed by atoms with van der Waals surface area (Å²) in [6, 6.07) is 5.95. The molecule has 2 heterocycles. The van der Waals surface area contributed by atoms with Crippen molar-refractivity contribution in [3.8, 4) is 0 Å². The highest BCUT2D eigenvalue weighted by atomic mass is 14.7. The molecule has 0 aromatic carbocycles. The lowest BCUT2D eigenvalue weighted by Crippen LogP contribution is -1.69. The van der Waals surface area contributed by atoms with Crippen LogP contribution in [-0.2, 0) is 0 Å². The highest BCUT2D eigenvalue weighted by Gasteiger charge is 1.85. The number of hydrogen-bond donors (Lipinski definition) is 2. The number of hydrogen-bond acceptors (Lipinski definition) is 0. The smallest absolute Gasteiger partial charge is 0.0145 e. The third kappa shape index (κ3) is 2.66. The van der Waals surface area contributed by atoms with E-state index in [1.165, 1.54) is 11.3 Å². The number of aryl methyl sites for hydroxylation is 2.